The Morgan fingerprint density at radius 2 is 2.00 bits per heavy atom. The molecular weight excluding hydrogens is 332 g/mol. The highest BCUT2D eigenvalue weighted by Crippen LogP contribution is 2.21. The van der Waals surface area contributed by atoms with E-state index in [0.717, 1.165) is 16.1 Å². The number of benzene rings is 1. The average Bonchev–Trinajstić information content (AvgIpc) is 3.30. The largest absolute Gasteiger partial charge is 0.335 e. The van der Waals surface area contributed by atoms with Crippen molar-refractivity contribution in [3.05, 3.63) is 70.4 Å². The summed E-state index contributed by atoms with van der Waals surface area (Å²) in [4.78, 5) is 20.4. The highest BCUT2D eigenvalue weighted by molar-refractivity contribution is 7.12. The summed E-state index contributed by atoms with van der Waals surface area (Å²) in [6.07, 6.45) is 6.66. The van der Waals surface area contributed by atoms with E-state index in [1.165, 1.54) is 11.2 Å². The lowest BCUT2D eigenvalue weighted by Gasteiger charge is -2.24. The van der Waals surface area contributed by atoms with Crippen LogP contribution in [0.1, 0.15) is 28.3 Å². The SMILES string of the molecule is Cc1ccc(/C=C/C(=O)N(C)[C@@H](C)c2ccc(-n3cncn3)cc2)s1. The molecule has 1 aromatic carbocycles. The fourth-order valence-electron chi connectivity index (χ4n) is 2.48. The number of aryl methyl sites for hydroxylation is 1. The van der Waals surface area contributed by atoms with Crippen molar-refractivity contribution in [2.24, 2.45) is 0 Å². The quantitative estimate of drug-likeness (QED) is 0.655. The molecule has 0 unspecified atom stereocenters. The van der Waals surface area contributed by atoms with Crippen LogP contribution in [0.15, 0.2) is 55.1 Å². The molecule has 2 aromatic heterocycles. The fourth-order valence-corrected chi connectivity index (χ4v) is 3.26. The Balaban J connectivity index is 1.67. The highest BCUT2D eigenvalue weighted by atomic mass is 32.1. The molecule has 25 heavy (non-hydrogen) atoms. The summed E-state index contributed by atoms with van der Waals surface area (Å²) in [6.45, 7) is 4.08. The second-order valence-electron chi connectivity index (χ2n) is 5.84. The van der Waals surface area contributed by atoms with Crippen molar-refractivity contribution in [1.29, 1.82) is 0 Å². The van der Waals surface area contributed by atoms with Gasteiger partial charge in [-0.2, -0.15) is 5.10 Å². The van der Waals surface area contributed by atoms with Gasteiger partial charge >= 0.3 is 0 Å². The first-order valence-electron chi connectivity index (χ1n) is 8.01. The number of hydrogen-bond acceptors (Lipinski definition) is 4. The van der Waals surface area contributed by atoms with Crippen LogP contribution in [-0.2, 0) is 4.79 Å². The smallest absolute Gasteiger partial charge is 0.246 e. The van der Waals surface area contributed by atoms with Crippen molar-refractivity contribution in [2.75, 3.05) is 7.05 Å². The Bertz CT molecular complexity index is 865. The third kappa shape index (κ3) is 4.03. The number of likely N-dealkylation sites (N-methyl/N-ethyl adjacent to an activating group) is 1. The van der Waals surface area contributed by atoms with Crippen molar-refractivity contribution in [3.63, 3.8) is 0 Å². The van der Waals surface area contributed by atoms with Gasteiger partial charge in [0, 0.05) is 22.9 Å². The van der Waals surface area contributed by atoms with E-state index in [-0.39, 0.29) is 11.9 Å². The van der Waals surface area contributed by atoms with Crippen LogP contribution in [0.4, 0.5) is 0 Å². The fraction of sp³-hybridized carbons (Fsp3) is 0.211. The minimum Gasteiger partial charge on any atom is -0.335 e. The van der Waals surface area contributed by atoms with Crippen LogP contribution in [0.3, 0.4) is 0 Å². The summed E-state index contributed by atoms with van der Waals surface area (Å²) < 4.78 is 1.70. The maximum atomic E-state index is 12.4. The highest BCUT2D eigenvalue weighted by Gasteiger charge is 2.15. The molecule has 5 nitrogen and oxygen atoms in total. The summed E-state index contributed by atoms with van der Waals surface area (Å²) in [6, 6.07) is 12.0. The molecule has 0 fully saturated rings. The molecule has 0 aliphatic heterocycles. The van der Waals surface area contributed by atoms with Crippen LogP contribution < -0.4 is 0 Å². The zero-order chi connectivity index (χ0) is 17.8. The lowest BCUT2D eigenvalue weighted by molar-refractivity contribution is -0.126. The predicted octanol–water partition coefficient (Wildman–Crippen LogP) is 3.87. The van der Waals surface area contributed by atoms with Crippen LogP contribution >= 0.6 is 11.3 Å². The van der Waals surface area contributed by atoms with Gasteiger partial charge in [0.15, 0.2) is 0 Å². The molecule has 0 spiro atoms. The van der Waals surface area contributed by atoms with Crippen LogP contribution in [0, 0.1) is 6.92 Å². The van der Waals surface area contributed by atoms with Gasteiger partial charge < -0.3 is 4.90 Å². The molecule has 0 N–H and O–H groups in total. The second-order valence-corrected chi connectivity index (χ2v) is 7.16. The second kappa shape index (κ2) is 7.44. The van der Waals surface area contributed by atoms with Gasteiger partial charge in [-0.25, -0.2) is 9.67 Å². The number of carbonyl (C=O) groups excluding carboxylic acids is 1. The molecule has 0 saturated heterocycles. The van der Waals surface area contributed by atoms with Crippen LogP contribution in [0.5, 0.6) is 0 Å². The van der Waals surface area contributed by atoms with Gasteiger partial charge in [-0.3, -0.25) is 4.79 Å². The molecule has 2 heterocycles. The Labute approximate surface area is 151 Å². The maximum Gasteiger partial charge on any atom is 0.246 e. The van der Waals surface area contributed by atoms with Gasteiger partial charge in [-0.05, 0) is 49.8 Å². The Morgan fingerprint density at radius 1 is 1.24 bits per heavy atom. The minimum absolute atomic E-state index is 0.0149. The number of rotatable bonds is 5. The lowest BCUT2D eigenvalue weighted by atomic mass is 10.1. The van der Waals surface area contributed by atoms with Gasteiger partial charge in [0.25, 0.3) is 0 Å². The number of aromatic nitrogens is 3. The number of thiophene rings is 1. The van der Waals surface area contributed by atoms with Crippen LogP contribution in [-0.4, -0.2) is 32.6 Å². The summed E-state index contributed by atoms with van der Waals surface area (Å²) in [7, 11) is 1.82. The first-order valence-corrected chi connectivity index (χ1v) is 8.82. The topological polar surface area (TPSA) is 51.0 Å². The maximum absolute atomic E-state index is 12.4. The molecule has 3 rings (SSSR count). The van der Waals surface area contributed by atoms with E-state index in [0.29, 0.717) is 0 Å². The molecule has 0 aliphatic rings. The molecule has 0 aliphatic carbocycles. The number of hydrogen-bond donors (Lipinski definition) is 0. The first kappa shape index (κ1) is 17.1. The Kier molecular flexibility index (Phi) is 5.09. The van der Waals surface area contributed by atoms with E-state index in [1.54, 1.807) is 33.3 Å². The predicted molar refractivity (Wildman–Crippen MR) is 101 cm³/mol. The number of amides is 1. The van der Waals surface area contributed by atoms with Gasteiger partial charge in [-0.1, -0.05) is 12.1 Å². The van der Waals surface area contributed by atoms with E-state index >= 15 is 0 Å². The van der Waals surface area contributed by atoms with E-state index in [2.05, 4.69) is 23.1 Å². The minimum atomic E-state index is -0.0213. The Morgan fingerprint density at radius 3 is 2.60 bits per heavy atom. The monoisotopic (exact) mass is 352 g/mol. The molecule has 128 valence electrons. The van der Waals surface area contributed by atoms with Gasteiger partial charge in [0.2, 0.25) is 5.91 Å². The molecule has 0 radical (unpaired) electrons. The number of nitrogens with zero attached hydrogens (tertiary/aromatic N) is 4. The normalized spacial score (nSPS) is 12.4. The van der Waals surface area contributed by atoms with Crippen LogP contribution in [0.25, 0.3) is 11.8 Å². The standard InChI is InChI=1S/C19H20N4OS/c1-14-4-9-18(25-14)10-11-19(24)22(3)15(2)16-5-7-17(8-6-16)23-13-20-12-21-23/h4-13,15H,1-3H3/b11-10+/t15-/m0/s1. The molecule has 0 saturated carbocycles. The van der Waals surface area contributed by atoms with E-state index < -0.39 is 0 Å². The molecule has 0 bridgehead atoms. The van der Waals surface area contributed by atoms with Crippen molar-refractivity contribution < 1.29 is 4.79 Å². The van der Waals surface area contributed by atoms with Gasteiger partial charge in [-0.15, -0.1) is 11.3 Å². The molecule has 1 amide bonds. The Hall–Kier alpha value is -2.73. The summed E-state index contributed by atoms with van der Waals surface area (Å²) >= 11 is 1.68. The molecule has 1 atom stereocenters. The summed E-state index contributed by atoms with van der Waals surface area (Å²) in [5, 5.41) is 4.11. The number of carbonyl (C=O) groups is 1. The molecular formula is C19H20N4OS. The van der Waals surface area contributed by atoms with Crippen molar-refractivity contribution in [3.8, 4) is 5.69 Å². The van der Waals surface area contributed by atoms with E-state index in [9.17, 15) is 4.79 Å². The average molecular weight is 352 g/mol. The molecule has 3 aromatic rings. The first-order chi connectivity index (χ1) is 12.0. The van der Waals surface area contributed by atoms with Gasteiger partial charge in [0.1, 0.15) is 12.7 Å². The van der Waals surface area contributed by atoms with Gasteiger partial charge in [0.05, 0.1) is 11.7 Å². The zero-order valence-electron chi connectivity index (χ0n) is 14.5. The third-order valence-corrected chi connectivity index (χ3v) is 5.10. The summed E-state index contributed by atoms with van der Waals surface area (Å²) in [5.74, 6) is -0.0149. The van der Waals surface area contributed by atoms with Crippen molar-refractivity contribution in [1.82, 2.24) is 19.7 Å². The lowest BCUT2D eigenvalue weighted by Crippen LogP contribution is -2.27. The van der Waals surface area contributed by atoms with E-state index in [1.807, 2.05) is 50.4 Å². The summed E-state index contributed by atoms with van der Waals surface area (Å²) in [5.41, 5.74) is 2.01. The van der Waals surface area contributed by atoms with Crippen LogP contribution in [0.2, 0.25) is 0 Å². The van der Waals surface area contributed by atoms with E-state index in [4.69, 9.17) is 0 Å². The zero-order valence-corrected chi connectivity index (χ0v) is 15.3. The molecule has 6 heteroatoms. The van der Waals surface area contributed by atoms with Crippen molar-refractivity contribution >= 4 is 23.3 Å². The van der Waals surface area contributed by atoms with Crippen molar-refractivity contribution in [2.45, 2.75) is 19.9 Å². The third-order valence-electron chi connectivity index (χ3n) is 4.14.